The number of hydrogen-bond acceptors (Lipinski definition) is 8. The zero-order valence-electron chi connectivity index (χ0n) is 29.7. The van der Waals surface area contributed by atoms with E-state index in [0.717, 1.165) is 37.1 Å². The van der Waals surface area contributed by atoms with Crippen molar-refractivity contribution in [1.82, 2.24) is 4.57 Å². The Balaban J connectivity index is 1.37. The van der Waals surface area contributed by atoms with Crippen molar-refractivity contribution in [2.75, 3.05) is 79.3 Å². The summed E-state index contributed by atoms with van der Waals surface area (Å²) in [6, 6.07) is 8.29. The monoisotopic (exact) mass is 675 g/mol. The Hall–Kier alpha value is -2.76. The highest BCUT2D eigenvalue weighted by Gasteiger charge is 2.07. The van der Waals surface area contributed by atoms with Crippen LogP contribution in [0.2, 0.25) is 0 Å². The number of aromatic nitrogens is 2. The first kappa shape index (κ1) is 41.4. The summed E-state index contributed by atoms with van der Waals surface area (Å²) in [5.41, 5.74) is 1.10. The van der Waals surface area contributed by atoms with Gasteiger partial charge in [0.25, 0.3) is 0 Å². The molecule has 0 atom stereocenters. The molecule has 0 unspecified atom stereocenters. The fraction of sp³-hybridized carbons (Fsp3) is 0.684. The minimum Gasteiger partial charge on any atom is -0.494 e. The molecule has 10 heteroatoms. The summed E-state index contributed by atoms with van der Waals surface area (Å²) in [6.45, 7) is 12.3. The van der Waals surface area contributed by atoms with Gasteiger partial charge in [-0.2, -0.15) is 0 Å². The molecule has 2 rings (SSSR count). The van der Waals surface area contributed by atoms with E-state index in [-0.39, 0.29) is 6.61 Å². The van der Waals surface area contributed by atoms with Crippen LogP contribution in [-0.4, -0.2) is 89.8 Å². The number of unbranched alkanes of at least 4 members (excludes halogenated alkanes) is 11. The highest BCUT2D eigenvalue weighted by Crippen LogP contribution is 2.16. The molecular weight excluding hydrogens is 612 g/mol. The quantitative estimate of drug-likeness (QED) is 0.0352. The van der Waals surface area contributed by atoms with Crippen LogP contribution in [0, 0.1) is 0 Å². The van der Waals surface area contributed by atoms with Crippen LogP contribution >= 0.6 is 0 Å². The van der Waals surface area contributed by atoms with Crippen molar-refractivity contribution in [2.24, 2.45) is 0 Å². The summed E-state index contributed by atoms with van der Waals surface area (Å²) in [7, 11) is 0. The van der Waals surface area contributed by atoms with E-state index >= 15 is 0 Å². The van der Waals surface area contributed by atoms with E-state index in [4.69, 9.17) is 33.2 Å². The van der Waals surface area contributed by atoms with E-state index in [0.29, 0.717) is 66.1 Å². The van der Waals surface area contributed by atoms with Crippen LogP contribution in [-0.2, 0) is 39.8 Å². The average Bonchev–Trinajstić information content (AvgIpc) is 3.58. The number of ether oxygens (including phenoxy) is 7. The van der Waals surface area contributed by atoms with Crippen LogP contribution in [0.15, 0.2) is 55.6 Å². The number of carbonyl (C=O) groups is 1. The summed E-state index contributed by atoms with van der Waals surface area (Å²) < 4.78 is 42.5. The SMILES string of the molecule is C=CC(=O)OCCOCCOCCOCCOCCOCC[n+]1ccn(-c2ccc(OCCCCCCCCCCCCCC)cc2)c1. The minimum atomic E-state index is -0.451. The highest BCUT2D eigenvalue weighted by molar-refractivity contribution is 5.81. The first-order valence-electron chi connectivity index (χ1n) is 18.2. The Morgan fingerprint density at radius 1 is 0.646 bits per heavy atom. The molecule has 0 amide bonds. The molecule has 2 aromatic rings. The lowest BCUT2D eigenvalue weighted by atomic mass is 10.1. The van der Waals surface area contributed by atoms with Gasteiger partial charge < -0.3 is 33.2 Å². The third-order valence-electron chi connectivity index (χ3n) is 7.71. The average molecular weight is 676 g/mol. The highest BCUT2D eigenvalue weighted by atomic mass is 16.6. The zero-order valence-corrected chi connectivity index (χ0v) is 29.7. The Bertz CT molecular complexity index is 1030. The molecule has 0 saturated heterocycles. The number of rotatable bonds is 34. The Morgan fingerprint density at radius 2 is 1.12 bits per heavy atom. The summed E-state index contributed by atoms with van der Waals surface area (Å²) >= 11 is 0. The van der Waals surface area contributed by atoms with Gasteiger partial charge in [0.2, 0.25) is 6.33 Å². The van der Waals surface area contributed by atoms with Crippen LogP contribution in [0.3, 0.4) is 0 Å². The van der Waals surface area contributed by atoms with Crippen molar-refractivity contribution in [2.45, 2.75) is 90.5 Å². The molecule has 1 heterocycles. The molecule has 0 aliphatic carbocycles. The van der Waals surface area contributed by atoms with Crippen molar-refractivity contribution in [3.8, 4) is 11.4 Å². The fourth-order valence-corrected chi connectivity index (χ4v) is 4.94. The largest absolute Gasteiger partial charge is 0.494 e. The number of esters is 1. The molecule has 0 fully saturated rings. The van der Waals surface area contributed by atoms with Crippen molar-refractivity contribution < 1.29 is 42.5 Å². The maximum atomic E-state index is 10.9. The van der Waals surface area contributed by atoms with E-state index in [9.17, 15) is 4.79 Å². The minimum absolute atomic E-state index is 0.206. The predicted octanol–water partition coefficient (Wildman–Crippen LogP) is 6.66. The Kier molecular flexibility index (Phi) is 26.1. The van der Waals surface area contributed by atoms with Gasteiger partial charge in [0.15, 0.2) is 0 Å². The normalized spacial score (nSPS) is 11.2. The molecule has 0 aliphatic heterocycles. The lowest BCUT2D eigenvalue weighted by Gasteiger charge is -2.08. The van der Waals surface area contributed by atoms with Gasteiger partial charge in [-0.15, -0.1) is 0 Å². The van der Waals surface area contributed by atoms with Crippen molar-refractivity contribution in [1.29, 1.82) is 0 Å². The molecule has 10 nitrogen and oxygen atoms in total. The van der Waals surface area contributed by atoms with Crippen LogP contribution in [0.25, 0.3) is 5.69 Å². The van der Waals surface area contributed by atoms with E-state index in [1.54, 1.807) is 0 Å². The molecule has 48 heavy (non-hydrogen) atoms. The van der Waals surface area contributed by atoms with Gasteiger partial charge in [0.05, 0.1) is 72.7 Å². The molecule has 272 valence electrons. The lowest BCUT2D eigenvalue weighted by molar-refractivity contribution is -0.697. The second-order valence-electron chi connectivity index (χ2n) is 11.7. The standard InChI is InChI=1S/C38H63N2O8/c1-3-5-6-7-8-9-10-11-12-13-14-15-23-47-37-18-16-36(17-19-37)40-21-20-39(35-40)22-24-42-25-26-43-27-28-44-29-30-45-31-32-46-33-34-48-38(41)4-2/h4,16-21,35H,2-3,5-15,22-34H2,1H3/q+1. The van der Waals surface area contributed by atoms with Crippen molar-refractivity contribution in [3.05, 3.63) is 55.6 Å². The van der Waals surface area contributed by atoms with Crippen molar-refractivity contribution >= 4 is 5.97 Å². The number of imidazole rings is 1. The fourth-order valence-electron chi connectivity index (χ4n) is 4.94. The van der Waals surface area contributed by atoms with Gasteiger partial charge in [0, 0.05) is 6.08 Å². The molecule has 0 bridgehead atoms. The maximum Gasteiger partial charge on any atom is 0.330 e. The Morgan fingerprint density at radius 3 is 1.65 bits per heavy atom. The molecule has 0 radical (unpaired) electrons. The topological polar surface area (TPSA) is 90.5 Å². The second kappa shape index (κ2) is 30.3. The first-order valence-corrected chi connectivity index (χ1v) is 18.2. The smallest absolute Gasteiger partial charge is 0.330 e. The number of benzene rings is 1. The molecule has 0 aliphatic rings. The van der Waals surface area contributed by atoms with Gasteiger partial charge >= 0.3 is 5.97 Å². The summed E-state index contributed by atoms with van der Waals surface area (Å²) in [6.07, 6.45) is 23.5. The molecule has 1 aromatic carbocycles. The third kappa shape index (κ3) is 22.7. The van der Waals surface area contributed by atoms with Crippen molar-refractivity contribution in [3.63, 3.8) is 0 Å². The maximum absolute atomic E-state index is 10.9. The van der Waals surface area contributed by atoms with Gasteiger partial charge in [-0.25, -0.2) is 13.9 Å². The van der Waals surface area contributed by atoms with E-state index in [2.05, 4.69) is 65.6 Å². The summed E-state index contributed by atoms with van der Waals surface area (Å²) in [4.78, 5) is 10.9. The van der Waals surface area contributed by atoms with Gasteiger partial charge in [-0.1, -0.05) is 84.1 Å². The Labute approximate surface area is 289 Å². The molecule has 0 spiro atoms. The molecular formula is C38H63N2O8+. The number of carbonyl (C=O) groups excluding carboxylic acids is 1. The lowest BCUT2D eigenvalue weighted by Crippen LogP contribution is -2.33. The van der Waals surface area contributed by atoms with Gasteiger partial charge in [-0.3, -0.25) is 0 Å². The van der Waals surface area contributed by atoms with Crippen LogP contribution in [0.1, 0.15) is 84.0 Å². The van der Waals surface area contributed by atoms with Gasteiger partial charge in [0.1, 0.15) is 37.0 Å². The number of hydrogen-bond donors (Lipinski definition) is 0. The molecule has 0 saturated carbocycles. The number of nitrogens with zero attached hydrogens (tertiary/aromatic N) is 2. The summed E-state index contributed by atoms with van der Waals surface area (Å²) in [5, 5.41) is 0. The first-order chi connectivity index (χ1) is 23.7. The molecule has 1 aromatic heterocycles. The zero-order chi connectivity index (χ0) is 34.2. The summed E-state index contributed by atoms with van der Waals surface area (Å²) in [5.74, 6) is 0.479. The van der Waals surface area contributed by atoms with E-state index in [1.807, 2.05) is 0 Å². The van der Waals surface area contributed by atoms with Crippen LogP contribution in [0.4, 0.5) is 0 Å². The second-order valence-corrected chi connectivity index (χ2v) is 11.7. The van der Waals surface area contributed by atoms with Gasteiger partial charge in [-0.05, 0) is 30.7 Å². The van der Waals surface area contributed by atoms with Crippen LogP contribution in [0.5, 0.6) is 5.75 Å². The van der Waals surface area contributed by atoms with E-state index < -0.39 is 5.97 Å². The third-order valence-corrected chi connectivity index (χ3v) is 7.71. The molecule has 0 N–H and O–H groups in total. The predicted molar refractivity (Wildman–Crippen MR) is 188 cm³/mol. The van der Waals surface area contributed by atoms with E-state index in [1.165, 1.54) is 70.6 Å². The van der Waals surface area contributed by atoms with Crippen LogP contribution < -0.4 is 9.30 Å².